The van der Waals surface area contributed by atoms with E-state index in [1.807, 2.05) is 44.2 Å². The molecule has 0 saturated carbocycles. The minimum atomic E-state index is -3.88. The number of benzene rings is 2. The van der Waals surface area contributed by atoms with Crippen molar-refractivity contribution in [3.63, 3.8) is 0 Å². The van der Waals surface area contributed by atoms with Gasteiger partial charge in [0.15, 0.2) is 0 Å². The molecule has 0 spiro atoms. The van der Waals surface area contributed by atoms with Gasteiger partial charge in [0, 0.05) is 12.6 Å². The van der Waals surface area contributed by atoms with Crippen LogP contribution < -0.4 is 9.62 Å². The first-order valence-electron chi connectivity index (χ1n) is 10.9. The normalized spacial score (nSPS) is 12.3. The third kappa shape index (κ3) is 7.85. The van der Waals surface area contributed by atoms with Crippen LogP contribution in [-0.4, -0.2) is 56.6 Å². The Balaban J connectivity index is 2.36. The highest BCUT2D eigenvalue weighted by atomic mass is 32.2. The lowest BCUT2D eigenvalue weighted by atomic mass is 10.1. The number of nitrogens with one attached hydrogen (secondary N) is 1. The van der Waals surface area contributed by atoms with Crippen LogP contribution in [0.1, 0.15) is 32.8 Å². The van der Waals surface area contributed by atoms with Gasteiger partial charge in [0.2, 0.25) is 21.8 Å². The SMILES string of the molecule is CC[C@@H](C(=O)NC(C)C)N(CCc1ccccc1)C(=O)CN(c1cccc(F)c1)S(C)(=O)=O. The zero-order valence-electron chi connectivity index (χ0n) is 19.5. The third-order valence-electron chi connectivity index (χ3n) is 5.08. The number of carbonyl (C=O) groups excluding carboxylic acids is 2. The molecule has 0 unspecified atom stereocenters. The zero-order chi connectivity index (χ0) is 24.6. The van der Waals surface area contributed by atoms with Gasteiger partial charge >= 0.3 is 0 Å². The molecule has 2 aromatic carbocycles. The Bertz CT molecular complexity index is 1040. The first-order valence-corrected chi connectivity index (χ1v) is 12.7. The Morgan fingerprint density at radius 2 is 1.73 bits per heavy atom. The molecule has 1 N–H and O–H groups in total. The molecule has 0 aliphatic rings. The number of amides is 2. The first kappa shape index (κ1) is 26.3. The maximum atomic E-state index is 13.8. The van der Waals surface area contributed by atoms with Crippen molar-refractivity contribution in [2.75, 3.05) is 23.7 Å². The summed E-state index contributed by atoms with van der Waals surface area (Å²) < 4.78 is 39.5. The molecule has 0 radical (unpaired) electrons. The Hall–Kier alpha value is -2.94. The van der Waals surface area contributed by atoms with Crippen LogP contribution in [0.25, 0.3) is 0 Å². The summed E-state index contributed by atoms with van der Waals surface area (Å²) in [7, 11) is -3.88. The molecule has 7 nitrogen and oxygen atoms in total. The largest absolute Gasteiger partial charge is 0.352 e. The molecule has 0 aromatic heterocycles. The molecule has 0 fully saturated rings. The van der Waals surface area contributed by atoms with Crippen LogP contribution >= 0.6 is 0 Å². The van der Waals surface area contributed by atoms with Crippen molar-refractivity contribution in [2.24, 2.45) is 0 Å². The Morgan fingerprint density at radius 3 is 2.27 bits per heavy atom. The predicted octanol–water partition coefficient (Wildman–Crippen LogP) is 2.97. The lowest BCUT2D eigenvalue weighted by molar-refractivity contribution is -0.139. The second-order valence-corrected chi connectivity index (χ2v) is 10.1. The molecule has 1 atom stereocenters. The van der Waals surface area contributed by atoms with Crippen LogP contribution in [0.3, 0.4) is 0 Å². The van der Waals surface area contributed by atoms with Gasteiger partial charge in [-0.1, -0.05) is 43.3 Å². The van der Waals surface area contributed by atoms with Crippen LogP contribution in [0.15, 0.2) is 54.6 Å². The molecular weight excluding hydrogens is 445 g/mol. The average molecular weight is 478 g/mol. The molecule has 0 aliphatic heterocycles. The van der Waals surface area contributed by atoms with Crippen molar-refractivity contribution in [1.29, 1.82) is 0 Å². The van der Waals surface area contributed by atoms with Crippen LogP contribution in [0.2, 0.25) is 0 Å². The number of halogens is 1. The molecule has 0 saturated heterocycles. The molecule has 0 aliphatic carbocycles. The molecule has 0 bridgehead atoms. The molecule has 2 rings (SSSR count). The minimum Gasteiger partial charge on any atom is -0.352 e. The van der Waals surface area contributed by atoms with Crippen molar-refractivity contribution in [1.82, 2.24) is 10.2 Å². The quantitative estimate of drug-likeness (QED) is 0.539. The Labute approximate surface area is 195 Å². The van der Waals surface area contributed by atoms with Crippen molar-refractivity contribution in [3.8, 4) is 0 Å². The van der Waals surface area contributed by atoms with Gasteiger partial charge in [0.05, 0.1) is 11.9 Å². The average Bonchev–Trinajstić information content (AvgIpc) is 2.74. The maximum absolute atomic E-state index is 13.8. The third-order valence-corrected chi connectivity index (χ3v) is 6.22. The Morgan fingerprint density at radius 1 is 1.06 bits per heavy atom. The summed E-state index contributed by atoms with van der Waals surface area (Å²) in [5.74, 6) is -1.45. The van der Waals surface area contributed by atoms with E-state index in [9.17, 15) is 22.4 Å². The summed E-state index contributed by atoms with van der Waals surface area (Å²) >= 11 is 0. The van der Waals surface area contributed by atoms with Gasteiger partial charge < -0.3 is 10.2 Å². The second kappa shape index (κ2) is 11.8. The van der Waals surface area contributed by atoms with Crippen LogP contribution in [0, 0.1) is 5.82 Å². The van der Waals surface area contributed by atoms with E-state index in [-0.39, 0.29) is 24.2 Å². The lowest BCUT2D eigenvalue weighted by Gasteiger charge is -2.33. The van der Waals surface area contributed by atoms with Gasteiger partial charge in [-0.2, -0.15) is 0 Å². The topological polar surface area (TPSA) is 86.8 Å². The van der Waals surface area contributed by atoms with Gasteiger partial charge in [-0.15, -0.1) is 0 Å². The van der Waals surface area contributed by atoms with E-state index in [1.54, 1.807) is 6.92 Å². The number of rotatable bonds is 11. The number of carbonyl (C=O) groups is 2. The number of hydrogen-bond donors (Lipinski definition) is 1. The fourth-order valence-corrected chi connectivity index (χ4v) is 4.36. The van der Waals surface area contributed by atoms with Crippen LogP contribution in [0.4, 0.5) is 10.1 Å². The second-order valence-electron chi connectivity index (χ2n) is 8.16. The molecule has 2 aromatic rings. The summed E-state index contributed by atoms with van der Waals surface area (Å²) in [6, 6.07) is 13.7. The van der Waals surface area contributed by atoms with Crippen molar-refractivity contribution in [2.45, 2.75) is 45.7 Å². The maximum Gasteiger partial charge on any atom is 0.244 e. The summed E-state index contributed by atoms with van der Waals surface area (Å²) in [4.78, 5) is 27.7. The smallest absolute Gasteiger partial charge is 0.244 e. The van der Waals surface area contributed by atoms with Gasteiger partial charge in [-0.3, -0.25) is 13.9 Å². The highest BCUT2D eigenvalue weighted by Crippen LogP contribution is 2.20. The van der Waals surface area contributed by atoms with E-state index in [4.69, 9.17) is 0 Å². The van der Waals surface area contributed by atoms with Gasteiger partial charge in [0.25, 0.3) is 0 Å². The predicted molar refractivity (Wildman–Crippen MR) is 128 cm³/mol. The summed E-state index contributed by atoms with van der Waals surface area (Å²) in [6.07, 6.45) is 1.82. The number of nitrogens with zero attached hydrogens (tertiary/aromatic N) is 2. The highest BCUT2D eigenvalue weighted by Gasteiger charge is 2.31. The molecule has 180 valence electrons. The van der Waals surface area contributed by atoms with Gasteiger partial charge in [-0.05, 0) is 50.5 Å². The van der Waals surface area contributed by atoms with Gasteiger partial charge in [-0.25, -0.2) is 12.8 Å². The fraction of sp³-hybridized carbons (Fsp3) is 0.417. The molecule has 9 heteroatoms. The zero-order valence-corrected chi connectivity index (χ0v) is 20.3. The first-order chi connectivity index (χ1) is 15.5. The van der Waals surface area contributed by atoms with Crippen LogP contribution in [0.5, 0.6) is 0 Å². The number of anilines is 1. The van der Waals surface area contributed by atoms with Crippen molar-refractivity contribution >= 4 is 27.5 Å². The summed E-state index contributed by atoms with van der Waals surface area (Å²) in [5, 5.41) is 2.84. The molecule has 2 amide bonds. The summed E-state index contributed by atoms with van der Waals surface area (Å²) in [6.45, 7) is 5.15. The summed E-state index contributed by atoms with van der Waals surface area (Å²) in [5.41, 5.74) is 1.04. The highest BCUT2D eigenvalue weighted by molar-refractivity contribution is 7.92. The van der Waals surface area contributed by atoms with E-state index < -0.39 is 34.3 Å². The van der Waals surface area contributed by atoms with E-state index in [1.165, 1.54) is 23.1 Å². The van der Waals surface area contributed by atoms with Gasteiger partial charge in [0.1, 0.15) is 18.4 Å². The Kier molecular flexibility index (Phi) is 9.40. The fourth-order valence-electron chi connectivity index (χ4n) is 3.52. The van der Waals surface area contributed by atoms with E-state index in [0.29, 0.717) is 12.8 Å². The van der Waals surface area contributed by atoms with E-state index in [2.05, 4.69) is 5.32 Å². The van der Waals surface area contributed by atoms with Crippen molar-refractivity contribution < 1.29 is 22.4 Å². The lowest BCUT2D eigenvalue weighted by Crippen LogP contribution is -2.54. The van der Waals surface area contributed by atoms with Crippen LogP contribution in [-0.2, 0) is 26.0 Å². The van der Waals surface area contributed by atoms with E-state index >= 15 is 0 Å². The monoisotopic (exact) mass is 477 g/mol. The molecule has 0 heterocycles. The number of sulfonamides is 1. The minimum absolute atomic E-state index is 0.0496. The molecule has 33 heavy (non-hydrogen) atoms. The number of hydrogen-bond acceptors (Lipinski definition) is 4. The standard InChI is InChI=1S/C24H32FN3O4S/c1-5-22(24(30)26-18(2)3)27(15-14-19-10-7-6-8-11-19)23(29)17-28(33(4,31)32)21-13-9-12-20(25)16-21/h6-13,16,18,22H,5,14-15,17H2,1-4H3,(H,26,30)/t22-/m0/s1. The van der Waals surface area contributed by atoms with E-state index in [0.717, 1.165) is 22.2 Å². The van der Waals surface area contributed by atoms with Crippen molar-refractivity contribution in [3.05, 3.63) is 66.0 Å². The molecular formula is C24H32FN3O4S.